The Labute approximate surface area is 125 Å². The van der Waals surface area contributed by atoms with Gasteiger partial charge in [0.15, 0.2) is 0 Å². The zero-order valence-electron chi connectivity index (χ0n) is 14.5. The molecule has 20 heavy (non-hydrogen) atoms. The molecule has 0 amide bonds. The van der Waals surface area contributed by atoms with Crippen LogP contribution < -0.4 is 4.74 Å². The van der Waals surface area contributed by atoms with Crippen molar-refractivity contribution in [1.82, 2.24) is 0 Å². The first-order valence-electron chi connectivity index (χ1n) is 7.97. The van der Waals surface area contributed by atoms with Crippen molar-refractivity contribution >= 4 is 0 Å². The molecule has 1 heteroatoms. The molecule has 1 aromatic carbocycles. The molecule has 0 heterocycles. The first-order chi connectivity index (χ1) is 9.28. The zero-order valence-corrected chi connectivity index (χ0v) is 14.5. The van der Waals surface area contributed by atoms with Gasteiger partial charge < -0.3 is 4.74 Å². The second kappa shape index (κ2) is 6.65. The normalized spacial score (nSPS) is 12.6. The van der Waals surface area contributed by atoms with Crippen molar-refractivity contribution in [2.24, 2.45) is 0 Å². The van der Waals surface area contributed by atoms with E-state index in [-0.39, 0.29) is 10.8 Å². The van der Waals surface area contributed by atoms with E-state index in [4.69, 9.17) is 4.74 Å². The monoisotopic (exact) mass is 276 g/mol. The van der Waals surface area contributed by atoms with Crippen LogP contribution in [0.25, 0.3) is 0 Å². The Morgan fingerprint density at radius 1 is 0.900 bits per heavy atom. The summed E-state index contributed by atoms with van der Waals surface area (Å²) in [7, 11) is 1.79. The van der Waals surface area contributed by atoms with Gasteiger partial charge >= 0.3 is 0 Å². The molecule has 0 spiro atoms. The number of methoxy groups -OCH3 is 1. The highest BCUT2D eigenvalue weighted by Gasteiger charge is 2.26. The lowest BCUT2D eigenvalue weighted by molar-refractivity contribution is 0.380. The first-order valence-corrected chi connectivity index (χ1v) is 7.97. The third-order valence-electron chi connectivity index (χ3n) is 4.46. The highest BCUT2D eigenvalue weighted by atomic mass is 16.5. The molecule has 0 atom stereocenters. The van der Waals surface area contributed by atoms with Gasteiger partial charge in [0.2, 0.25) is 0 Å². The maximum Gasteiger partial charge on any atom is 0.122 e. The standard InChI is InChI=1S/C19H32O/c1-8-12-18(3,4)15-10-11-16(17(14-15)20-7)19(5,6)13-9-2/h10-11,14H,8-9,12-13H2,1-7H3. The summed E-state index contributed by atoms with van der Waals surface area (Å²) in [6, 6.07) is 6.83. The minimum absolute atomic E-state index is 0.174. The molecule has 0 aliphatic heterocycles. The first kappa shape index (κ1) is 17.1. The molecule has 1 rings (SSSR count). The third-order valence-corrected chi connectivity index (χ3v) is 4.46. The van der Waals surface area contributed by atoms with Crippen molar-refractivity contribution < 1.29 is 4.74 Å². The van der Waals surface area contributed by atoms with Crippen molar-refractivity contribution in [3.63, 3.8) is 0 Å². The van der Waals surface area contributed by atoms with Crippen LogP contribution in [0.4, 0.5) is 0 Å². The molecule has 0 unspecified atom stereocenters. The number of hydrogen-bond acceptors (Lipinski definition) is 1. The molecule has 0 radical (unpaired) electrons. The summed E-state index contributed by atoms with van der Waals surface area (Å²) in [5.41, 5.74) is 3.10. The predicted molar refractivity (Wildman–Crippen MR) is 88.9 cm³/mol. The van der Waals surface area contributed by atoms with E-state index in [0.29, 0.717) is 0 Å². The summed E-state index contributed by atoms with van der Waals surface area (Å²) < 4.78 is 5.69. The summed E-state index contributed by atoms with van der Waals surface area (Å²) in [5, 5.41) is 0. The van der Waals surface area contributed by atoms with Crippen molar-refractivity contribution in [2.75, 3.05) is 7.11 Å². The SMILES string of the molecule is CCCC(C)(C)c1ccc(C(C)(C)CCC)c(OC)c1. The van der Waals surface area contributed by atoms with Gasteiger partial charge in [-0.1, -0.05) is 66.5 Å². The Hall–Kier alpha value is -0.980. The molecule has 0 fully saturated rings. The van der Waals surface area contributed by atoms with Gasteiger partial charge in [0.05, 0.1) is 7.11 Å². The van der Waals surface area contributed by atoms with Crippen LogP contribution in [0.3, 0.4) is 0 Å². The van der Waals surface area contributed by atoms with Crippen LogP contribution in [0.5, 0.6) is 5.75 Å². The fourth-order valence-corrected chi connectivity index (χ4v) is 3.20. The van der Waals surface area contributed by atoms with E-state index < -0.39 is 0 Å². The van der Waals surface area contributed by atoms with E-state index in [2.05, 4.69) is 59.7 Å². The van der Waals surface area contributed by atoms with Gasteiger partial charge in [0, 0.05) is 0 Å². The zero-order chi connectivity index (χ0) is 15.4. The van der Waals surface area contributed by atoms with E-state index in [1.54, 1.807) is 7.11 Å². The minimum Gasteiger partial charge on any atom is -0.496 e. The quantitative estimate of drug-likeness (QED) is 0.607. The van der Waals surface area contributed by atoms with Gasteiger partial charge in [0.1, 0.15) is 5.75 Å². The predicted octanol–water partition coefficient (Wildman–Crippen LogP) is 5.85. The molecule has 0 N–H and O–H groups in total. The second-order valence-corrected chi connectivity index (χ2v) is 7.18. The van der Waals surface area contributed by atoms with E-state index in [1.165, 1.54) is 36.8 Å². The van der Waals surface area contributed by atoms with Gasteiger partial charge in [-0.3, -0.25) is 0 Å². The molecule has 0 aromatic heterocycles. The highest BCUT2D eigenvalue weighted by Crippen LogP contribution is 2.38. The van der Waals surface area contributed by atoms with Crippen molar-refractivity contribution in [2.45, 2.75) is 78.1 Å². The van der Waals surface area contributed by atoms with E-state index in [0.717, 1.165) is 5.75 Å². The Kier molecular flexibility index (Phi) is 5.68. The van der Waals surface area contributed by atoms with Crippen LogP contribution >= 0.6 is 0 Å². The van der Waals surface area contributed by atoms with Gasteiger partial charge in [-0.2, -0.15) is 0 Å². The smallest absolute Gasteiger partial charge is 0.122 e. The lowest BCUT2D eigenvalue weighted by Gasteiger charge is -2.30. The van der Waals surface area contributed by atoms with Crippen LogP contribution in [-0.2, 0) is 10.8 Å². The Bertz CT molecular complexity index is 429. The average Bonchev–Trinajstić information content (AvgIpc) is 2.37. The highest BCUT2D eigenvalue weighted by molar-refractivity contribution is 5.44. The fourth-order valence-electron chi connectivity index (χ4n) is 3.20. The number of benzene rings is 1. The Morgan fingerprint density at radius 3 is 1.95 bits per heavy atom. The average molecular weight is 276 g/mol. The summed E-state index contributed by atoms with van der Waals surface area (Å²) in [4.78, 5) is 0. The van der Waals surface area contributed by atoms with Gasteiger partial charge in [0.25, 0.3) is 0 Å². The minimum atomic E-state index is 0.174. The molecular weight excluding hydrogens is 244 g/mol. The molecular formula is C19H32O. The molecule has 0 aliphatic carbocycles. The van der Waals surface area contributed by atoms with Crippen LogP contribution in [0.15, 0.2) is 18.2 Å². The summed E-state index contributed by atoms with van der Waals surface area (Å²) in [5.74, 6) is 1.05. The van der Waals surface area contributed by atoms with Crippen LogP contribution in [0.2, 0.25) is 0 Å². The van der Waals surface area contributed by atoms with E-state index in [1.807, 2.05) is 0 Å². The molecule has 1 aromatic rings. The molecule has 0 aliphatic rings. The fraction of sp³-hybridized carbons (Fsp3) is 0.684. The van der Waals surface area contributed by atoms with Gasteiger partial charge in [-0.15, -0.1) is 0 Å². The molecule has 114 valence electrons. The molecule has 0 saturated carbocycles. The van der Waals surface area contributed by atoms with Crippen LogP contribution in [0.1, 0.15) is 78.4 Å². The van der Waals surface area contributed by atoms with Crippen molar-refractivity contribution in [3.8, 4) is 5.75 Å². The molecule has 0 bridgehead atoms. The lowest BCUT2D eigenvalue weighted by Crippen LogP contribution is -2.20. The Balaban J connectivity index is 3.21. The van der Waals surface area contributed by atoms with Gasteiger partial charge in [-0.05, 0) is 40.9 Å². The summed E-state index contributed by atoms with van der Waals surface area (Å²) >= 11 is 0. The number of rotatable bonds is 7. The second-order valence-electron chi connectivity index (χ2n) is 7.18. The van der Waals surface area contributed by atoms with Crippen LogP contribution in [-0.4, -0.2) is 7.11 Å². The van der Waals surface area contributed by atoms with E-state index in [9.17, 15) is 0 Å². The largest absolute Gasteiger partial charge is 0.496 e. The van der Waals surface area contributed by atoms with Crippen molar-refractivity contribution in [1.29, 1.82) is 0 Å². The maximum atomic E-state index is 5.69. The van der Waals surface area contributed by atoms with Crippen molar-refractivity contribution in [3.05, 3.63) is 29.3 Å². The number of ether oxygens (including phenoxy) is 1. The topological polar surface area (TPSA) is 9.23 Å². The third kappa shape index (κ3) is 3.77. The van der Waals surface area contributed by atoms with Crippen LogP contribution in [0, 0.1) is 0 Å². The maximum absolute atomic E-state index is 5.69. The molecule has 0 saturated heterocycles. The van der Waals surface area contributed by atoms with E-state index >= 15 is 0 Å². The Morgan fingerprint density at radius 2 is 1.45 bits per heavy atom. The lowest BCUT2D eigenvalue weighted by atomic mass is 9.76. The van der Waals surface area contributed by atoms with Gasteiger partial charge in [-0.25, -0.2) is 0 Å². The number of hydrogen-bond donors (Lipinski definition) is 0. The summed E-state index contributed by atoms with van der Waals surface area (Å²) in [6.45, 7) is 13.8. The molecule has 1 nitrogen and oxygen atoms in total. The summed E-state index contributed by atoms with van der Waals surface area (Å²) in [6.07, 6.45) is 4.78.